The molecule has 3 fully saturated rings. The Hall–Kier alpha value is -3.95. The Bertz CT molecular complexity index is 1350. The van der Waals surface area contributed by atoms with Crippen LogP contribution < -0.4 is 9.64 Å². The third-order valence-electron chi connectivity index (χ3n) is 9.04. The minimum Gasteiger partial charge on any atom is -0.494 e. The number of hydrogen-bond donors (Lipinski definition) is 1. The summed E-state index contributed by atoms with van der Waals surface area (Å²) in [6.07, 6.45) is 5.02. The number of carbonyl (C=O) groups excluding carboxylic acids is 3. The van der Waals surface area contributed by atoms with Crippen LogP contribution in [0.4, 0.5) is 5.69 Å². The van der Waals surface area contributed by atoms with Gasteiger partial charge in [0.15, 0.2) is 0 Å². The first kappa shape index (κ1) is 31.5. The van der Waals surface area contributed by atoms with Gasteiger partial charge >= 0.3 is 0 Å². The second kappa shape index (κ2) is 13.8. The third kappa shape index (κ3) is 5.78. The van der Waals surface area contributed by atoms with Crippen LogP contribution in [0.15, 0.2) is 79.9 Å². The molecule has 1 spiro atoms. The fourth-order valence-electron chi connectivity index (χ4n) is 7.23. The number of benzene rings is 2. The van der Waals surface area contributed by atoms with Crippen LogP contribution in [0.2, 0.25) is 0 Å². The Morgan fingerprint density at radius 3 is 2.45 bits per heavy atom. The number of carbonyl (C=O) groups is 3. The molecule has 5 rings (SSSR count). The van der Waals surface area contributed by atoms with Gasteiger partial charge < -0.3 is 29.3 Å². The average Bonchev–Trinajstić information content (AvgIpc) is 3.68. The molecule has 234 valence electrons. The second-order valence-corrected chi connectivity index (χ2v) is 11.7. The van der Waals surface area contributed by atoms with Gasteiger partial charge in [-0.05, 0) is 62.4 Å². The van der Waals surface area contributed by atoms with E-state index >= 15 is 0 Å². The smallest absolute Gasteiger partial charge is 0.248 e. The molecule has 9 nitrogen and oxygen atoms in total. The van der Waals surface area contributed by atoms with Crippen molar-refractivity contribution in [2.45, 2.75) is 56.9 Å². The largest absolute Gasteiger partial charge is 0.494 e. The minimum atomic E-state index is -1.10. The van der Waals surface area contributed by atoms with Gasteiger partial charge in [0.05, 0.1) is 24.5 Å². The van der Waals surface area contributed by atoms with Crippen LogP contribution in [0.1, 0.15) is 38.2 Å². The van der Waals surface area contributed by atoms with Crippen molar-refractivity contribution in [2.75, 3.05) is 37.7 Å². The molecule has 0 aliphatic carbocycles. The van der Waals surface area contributed by atoms with Crippen molar-refractivity contribution in [1.29, 1.82) is 0 Å². The monoisotopic (exact) mass is 601 g/mol. The van der Waals surface area contributed by atoms with Crippen molar-refractivity contribution in [1.82, 2.24) is 9.80 Å². The van der Waals surface area contributed by atoms with E-state index in [4.69, 9.17) is 9.47 Å². The van der Waals surface area contributed by atoms with Crippen LogP contribution in [-0.4, -0.2) is 83.2 Å². The number of rotatable bonds is 15. The van der Waals surface area contributed by atoms with Gasteiger partial charge in [-0.3, -0.25) is 14.4 Å². The van der Waals surface area contributed by atoms with Crippen molar-refractivity contribution in [3.05, 3.63) is 85.5 Å². The third-order valence-corrected chi connectivity index (χ3v) is 9.04. The van der Waals surface area contributed by atoms with E-state index in [1.807, 2.05) is 61.5 Å². The molecule has 0 radical (unpaired) electrons. The van der Waals surface area contributed by atoms with Crippen molar-refractivity contribution in [2.24, 2.45) is 11.8 Å². The second-order valence-electron chi connectivity index (χ2n) is 11.7. The van der Waals surface area contributed by atoms with Gasteiger partial charge in [0, 0.05) is 38.5 Å². The normalized spacial score (nSPS) is 25.0. The maximum Gasteiger partial charge on any atom is 0.248 e. The predicted octanol–water partition coefficient (Wildman–Crippen LogP) is 3.97. The van der Waals surface area contributed by atoms with Gasteiger partial charge in [-0.25, -0.2) is 0 Å². The zero-order valence-electron chi connectivity index (χ0n) is 25.5. The number of unbranched alkanes of at least 4 members (excludes halogenated alkanes) is 1. The number of anilines is 1. The van der Waals surface area contributed by atoms with E-state index in [2.05, 4.69) is 13.2 Å². The highest BCUT2D eigenvalue weighted by Gasteiger charge is 2.74. The van der Waals surface area contributed by atoms with E-state index in [1.165, 1.54) is 0 Å². The van der Waals surface area contributed by atoms with Gasteiger partial charge in [0.2, 0.25) is 17.7 Å². The van der Waals surface area contributed by atoms with Crippen molar-refractivity contribution in [3.8, 4) is 5.75 Å². The minimum absolute atomic E-state index is 0.00983. The Morgan fingerprint density at radius 2 is 1.80 bits per heavy atom. The summed E-state index contributed by atoms with van der Waals surface area (Å²) in [5.74, 6) is -1.47. The molecule has 0 saturated carbocycles. The zero-order chi connectivity index (χ0) is 31.3. The molecule has 44 heavy (non-hydrogen) atoms. The average molecular weight is 602 g/mol. The number of ether oxygens (including phenoxy) is 2. The molecule has 2 unspecified atom stereocenters. The first-order valence-electron chi connectivity index (χ1n) is 15.6. The molecule has 3 heterocycles. The number of amides is 3. The maximum absolute atomic E-state index is 14.5. The summed E-state index contributed by atoms with van der Waals surface area (Å²) in [6, 6.07) is 16.1. The number of hydrogen-bond acceptors (Lipinski definition) is 6. The number of fused-ring (bicyclic) bond motifs is 1. The standard InChI is InChI=1S/C35H43N3O6/c1-4-20-36(24-25-12-8-7-9-13-25)34(42)31-35-19-18-28(44-35)29(30(35)33(41)38(31)22-10-11-23-39)32(40)37(21-5-2)26-14-16-27(17-15-26)43-6-3/h4-5,7-9,12-17,28-31,39H,1-2,6,10-11,18-24H2,3H3/t28-,29+,30-,31?,35?/m0/s1. The van der Waals surface area contributed by atoms with Crippen molar-refractivity contribution in [3.63, 3.8) is 0 Å². The van der Waals surface area contributed by atoms with Crippen molar-refractivity contribution >= 4 is 23.4 Å². The van der Waals surface area contributed by atoms with Crippen LogP contribution >= 0.6 is 0 Å². The Morgan fingerprint density at radius 1 is 1.07 bits per heavy atom. The topological polar surface area (TPSA) is 99.6 Å². The number of aliphatic hydroxyl groups excluding tert-OH is 1. The molecule has 1 N–H and O–H groups in total. The molecule has 0 aromatic heterocycles. The maximum atomic E-state index is 14.5. The highest BCUT2D eigenvalue weighted by Crippen LogP contribution is 2.59. The molecule has 2 aromatic rings. The van der Waals surface area contributed by atoms with E-state index in [9.17, 15) is 19.5 Å². The SMILES string of the molecule is C=CCN(Cc1ccccc1)C(=O)C1N(CCCCO)C(=O)[C@@H]2[C@H](C(=O)N(CC=C)c3ccc(OCC)cc3)[C@@H]3CCC12O3. The molecule has 3 amide bonds. The van der Waals surface area contributed by atoms with Gasteiger partial charge in [-0.1, -0.05) is 42.5 Å². The predicted molar refractivity (Wildman–Crippen MR) is 168 cm³/mol. The summed E-state index contributed by atoms with van der Waals surface area (Å²) >= 11 is 0. The zero-order valence-corrected chi connectivity index (χ0v) is 25.5. The molecule has 2 aromatic carbocycles. The van der Waals surface area contributed by atoms with Crippen LogP contribution in [-0.2, 0) is 25.7 Å². The number of likely N-dealkylation sites (tertiary alicyclic amines) is 1. The molecule has 3 aliphatic heterocycles. The molecular formula is C35H43N3O6. The molecule has 3 aliphatic rings. The molecule has 5 atom stereocenters. The van der Waals surface area contributed by atoms with Gasteiger partial charge in [0.1, 0.15) is 17.4 Å². The van der Waals surface area contributed by atoms with Crippen LogP contribution in [0, 0.1) is 11.8 Å². The summed E-state index contributed by atoms with van der Waals surface area (Å²) in [5.41, 5.74) is 0.536. The molecule has 9 heteroatoms. The van der Waals surface area contributed by atoms with Gasteiger partial charge in [-0.15, -0.1) is 13.2 Å². The van der Waals surface area contributed by atoms with E-state index in [-0.39, 0.29) is 30.9 Å². The van der Waals surface area contributed by atoms with Gasteiger partial charge in [0.25, 0.3) is 0 Å². The van der Waals surface area contributed by atoms with Crippen LogP contribution in [0.25, 0.3) is 0 Å². The summed E-state index contributed by atoms with van der Waals surface area (Å²) in [6.45, 7) is 11.4. The summed E-state index contributed by atoms with van der Waals surface area (Å²) in [7, 11) is 0. The Balaban J connectivity index is 1.49. The fourth-order valence-corrected chi connectivity index (χ4v) is 7.23. The summed E-state index contributed by atoms with van der Waals surface area (Å²) in [5, 5.41) is 9.47. The number of aliphatic hydroxyl groups is 1. The molecule has 3 saturated heterocycles. The lowest BCUT2D eigenvalue weighted by atomic mass is 9.70. The lowest BCUT2D eigenvalue weighted by Crippen LogP contribution is -2.56. The number of nitrogens with zero attached hydrogens (tertiary/aromatic N) is 3. The van der Waals surface area contributed by atoms with Crippen molar-refractivity contribution < 1.29 is 29.0 Å². The Labute approximate surface area is 259 Å². The van der Waals surface area contributed by atoms with E-state index in [0.29, 0.717) is 63.4 Å². The highest BCUT2D eigenvalue weighted by atomic mass is 16.5. The molecular weight excluding hydrogens is 558 g/mol. The van der Waals surface area contributed by atoms with E-state index < -0.39 is 29.6 Å². The van der Waals surface area contributed by atoms with Crippen LogP contribution in [0.5, 0.6) is 5.75 Å². The summed E-state index contributed by atoms with van der Waals surface area (Å²) in [4.78, 5) is 48.2. The lowest BCUT2D eigenvalue weighted by Gasteiger charge is -2.37. The first-order chi connectivity index (χ1) is 21.4. The van der Waals surface area contributed by atoms with Gasteiger partial charge in [-0.2, -0.15) is 0 Å². The molecule has 2 bridgehead atoms. The quantitative estimate of drug-likeness (QED) is 0.245. The lowest BCUT2D eigenvalue weighted by molar-refractivity contribution is -0.148. The van der Waals surface area contributed by atoms with E-state index in [0.717, 1.165) is 5.56 Å². The fraction of sp³-hybridized carbons (Fsp3) is 0.457. The highest BCUT2D eigenvalue weighted by molar-refractivity contribution is 6.03. The van der Waals surface area contributed by atoms with Crippen LogP contribution in [0.3, 0.4) is 0 Å². The summed E-state index contributed by atoms with van der Waals surface area (Å²) < 4.78 is 12.3. The first-order valence-corrected chi connectivity index (χ1v) is 15.6. The Kier molecular flexibility index (Phi) is 9.86. The van der Waals surface area contributed by atoms with E-state index in [1.54, 1.807) is 26.9 Å².